The maximum atomic E-state index is 9.13. The van der Waals surface area contributed by atoms with Crippen LogP contribution in [-0.2, 0) is 13.5 Å². The minimum absolute atomic E-state index is 0.274. The van der Waals surface area contributed by atoms with Gasteiger partial charge >= 0.3 is 0 Å². The number of nitriles is 1. The molecule has 4 rings (SSSR count). The van der Waals surface area contributed by atoms with Crippen LogP contribution in [0.1, 0.15) is 36.4 Å². The van der Waals surface area contributed by atoms with Crippen LogP contribution in [0.4, 0.5) is 0 Å². The van der Waals surface area contributed by atoms with Gasteiger partial charge in [-0.1, -0.05) is 0 Å². The molecule has 5 heteroatoms. The number of fused-ring (bicyclic) bond motifs is 2. The second-order valence-electron chi connectivity index (χ2n) is 5.85. The molecule has 0 fully saturated rings. The fourth-order valence-electron chi connectivity index (χ4n) is 3.53. The van der Waals surface area contributed by atoms with Crippen molar-refractivity contribution in [1.82, 2.24) is 9.78 Å². The van der Waals surface area contributed by atoms with E-state index in [1.165, 1.54) is 11.3 Å². The van der Waals surface area contributed by atoms with Crippen LogP contribution in [-0.4, -0.2) is 16.6 Å². The van der Waals surface area contributed by atoms with Crippen molar-refractivity contribution >= 4 is 0 Å². The lowest BCUT2D eigenvalue weighted by Gasteiger charge is -2.21. The van der Waals surface area contributed by atoms with Crippen molar-refractivity contribution in [3.63, 3.8) is 0 Å². The van der Waals surface area contributed by atoms with Gasteiger partial charge in [-0.2, -0.15) is 10.4 Å². The molecule has 0 radical (unpaired) electrons. The molecule has 0 bridgehead atoms. The molecule has 1 aliphatic heterocycles. The van der Waals surface area contributed by atoms with E-state index in [2.05, 4.69) is 6.07 Å². The van der Waals surface area contributed by atoms with Gasteiger partial charge in [-0.25, -0.2) is 0 Å². The first-order valence-electron chi connectivity index (χ1n) is 7.60. The molecule has 0 amide bonds. The summed E-state index contributed by atoms with van der Waals surface area (Å²) in [5, 5.41) is 13.9. The average molecular weight is 295 g/mol. The fourth-order valence-corrected chi connectivity index (χ4v) is 3.53. The number of rotatable bonds is 2. The first-order valence-corrected chi connectivity index (χ1v) is 7.60. The first-order chi connectivity index (χ1) is 10.8. The second-order valence-corrected chi connectivity index (χ2v) is 5.85. The maximum Gasteiger partial charge on any atom is 0.231 e. The minimum Gasteiger partial charge on any atom is -0.454 e. The Morgan fingerprint density at radius 1 is 1.36 bits per heavy atom. The normalized spacial score (nSPS) is 18.8. The Morgan fingerprint density at radius 2 is 2.23 bits per heavy atom. The van der Waals surface area contributed by atoms with E-state index < -0.39 is 0 Å². The highest BCUT2D eigenvalue weighted by Gasteiger charge is 2.28. The van der Waals surface area contributed by atoms with Gasteiger partial charge in [0, 0.05) is 36.2 Å². The number of ether oxygens (including phenoxy) is 2. The van der Waals surface area contributed by atoms with E-state index in [-0.39, 0.29) is 12.7 Å². The summed E-state index contributed by atoms with van der Waals surface area (Å²) in [4.78, 5) is 0. The minimum atomic E-state index is 0.274. The molecule has 1 aromatic carbocycles. The summed E-state index contributed by atoms with van der Waals surface area (Å²) in [5.74, 6) is 1.83. The van der Waals surface area contributed by atoms with Crippen molar-refractivity contribution < 1.29 is 9.47 Å². The van der Waals surface area contributed by atoms with Gasteiger partial charge in [0.25, 0.3) is 0 Å². The van der Waals surface area contributed by atoms with Gasteiger partial charge in [0.2, 0.25) is 6.79 Å². The van der Waals surface area contributed by atoms with E-state index in [0.29, 0.717) is 6.42 Å². The zero-order valence-corrected chi connectivity index (χ0v) is 12.5. The molecule has 5 nitrogen and oxygen atoms in total. The van der Waals surface area contributed by atoms with Gasteiger partial charge in [-0.3, -0.25) is 4.68 Å². The Morgan fingerprint density at radius 3 is 3.09 bits per heavy atom. The standard InChI is InChI=1S/C17H17N3O2/c1-20-13-4-2-3-11(7-8-18)16(13)17(19-20)12-5-6-14-15(9-12)22-10-21-14/h5-6,9,11H,2-4,7,10H2,1H3. The van der Waals surface area contributed by atoms with Crippen molar-refractivity contribution in [1.29, 1.82) is 5.26 Å². The van der Waals surface area contributed by atoms with Gasteiger partial charge in [0.15, 0.2) is 11.5 Å². The lowest BCUT2D eigenvalue weighted by atomic mass is 9.82. The molecule has 1 unspecified atom stereocenters. The number of aryl methyl sites for hydroxylation is 1. The van der Waals surface area contributed by atoms with Gasteiger partial charge in [0.1, 0.15) is 0 Å². The monoisotopic (exact) mass is 295 g/mol. The second kappa shape index (κ2) is 5.06. The third kappa shape index (κ3) is 1.95. The molecule has 0 saturated carbocycles. The third-order valence-electron chi connectivity index (χ3n) is 4.56. The Bertz CT molecular complexity index is 773. The van der Waals surface area contributed by atoms with E-state index in [4.69, 9.17) is 19.8 Å². The molecule has 112 valence electrons. The smallest absolute Gasteiger partial charge is 0.231 e. The van der Waals surface area contributed by atoms with E-state index in [1.54, 1.807) is 0 Å². The van der Waals surface area contributed by atoms with Crippen molar-refractivity contribution in [3.8, 4) is 28.8 Å². The van der Waals surface area contributed by atoms with Gasteiger partial charge in [-0.05, 0) is 37.5 Å². The predicted octanol–water partition coefficient (Wildman–Crippen LogP) is 3.15. The lowest BCUT2D eigenvalue weighted by Crippen LogP contribution is -2.11. The molecule has 1 aromatic heterocycles. The van der Waals surface area contributed by atoms with Crippen LogP contribution >= 0.6 is 0 Å². The number of hydrogen-bond donors (Lipinski definition) is 0. The van der Waals surface area contributed by atoms with Crippen LogP contribution in [0.25, 0.3) is 11.3 Å². The molecule has 2 aromatic rings. The van der Waals surface area contributed by atoms with Crippen molar-refractivity contribution in [3.05, 3.63) is 29.5 Å². The quantitative estimate of drug-likeness (QED) is 0.854. The SMILES string of the molecule is Cn1nc(-c2ccc3c(c2)OCO3)c2c1CCCC2CC#N. The lowest BCUT2D eigenvalue weighted by molar-refractivity contribution is 0.174. The number of benzene rings is 1. The molecule has 22 heavy (non-hydrogen) atoms. The molecule has 2 heterocycles. The van der Waals surface area contributed by atoms with Gasteiger partial charge < -0.3 is 9.47 Å². The average Bonchev–Trinajstić information content (AvgIpc) is 3.12. The summed E-state index contributed by atoms with van der Waals surface area (Å²) >= 11 is 0. The topological polar surface area (TPSA) is 60.1 Å². The highest BCUT2D eigenvalue weighted by atomic mass is 16.7. The molecule has 1 atom stereocenters. The predicted molar refractivity (Wildman–Crippen MR) is 80.7 cm³/mol. The van der Waals surface area contributed by atoms with E-state index in [1.807, 2.05) is 29.9 Å². The van der Waals surface area contributed by atoms with Gasteiger partial charge in [0.05, 0.1) is 11.8 Å². The van der Waals surface area contributed by atoms with Crippen molar-refractivity contribution in [2.24, 2.45) is 7.05 Å². The molecular formula is C17H17N3O2. The summed E-state index contributed by atoms with van der Waals surface area (Å²) < 4.78 is 12.8. The molecular weight excluding hydrogens is 278 g/mol. The Balaban J connectivity index is 1.84. The Hall–Kier alpha value is -2.48. The fraction of sp³-hybridized carbons (Fsp3) is 0.412. The van der Waals surface area contributed by atoms with E-state index in [0.717, 1.165) is 42.0 Å². The molecule has 2 aliphatic rings. The highest BCUT2D eigenvalue weighted by molar-refractivity contribution is 5.69. The Labute approximate surface area is 129 Å². The molecule has 0 N–H and O–H groups in total. The zero-order chi connectivity index (χ0) is 15.1. The highest BCUT2D eigenvalue weighted by Crippen LogP contribution is 2.42. The summed E-state index contributed by atoms with van der Waals surface area (Å²) in [6.45, 7) is 0.274. The summed E-state index contributed by atoms with van der Waals surface area (Å²) in [7, 11) is 1.99. The first kappa shape index (κ1) is 13.2. The van der Waals surface area contributed by atoms with Crippen molar-refractivity contribution in [2.45, 2.75) is 31.6 Å². The largest absolute Gasteiger partial charge is 0.454 e. The summed E-state index contributed by atoms with van der Waals surface area (Å²) in [6.07, 6.45) is 3.77. The van der Waals surface area contributed by atoms with Crippen LogP contribution in [0, 0.1) is 11.3 Å². The summed E-state index contributed by atoms with van der Waals surface area (Å²) in [6, 6.07) is 8.27. The number of nitrogens with zero attached hydrogens (tertiary/aromatic N) is 3. The van der Waals surface area contributed by atoms with E-state index in [9.17, 15) is 0 Å². The Kier molecular flexibility index (Phi) is 3.04. The molecule has 0 saturated heterocycles. The molecule has 1 aliphatic carbocycles. The van der Waals surface area contributed by atoms with Crippen LogP contribution in [0.2, 0.25) is 0 Å². The van der Waals surface area contributed by atoms with E-state index >= 15 is 0 Å². The van der Waals surface area contributed by atoms with Crippen molar-refractivity contribution in [2.75, 3.05) is 6.79 Å². The zero-order valence-electron chi connectivity index (χ0n) is 12.5. The van der Waals surface area contributed by atoms with Crippen LogP contribution in [0.5, 0.6) is 11.5 Å². The van der Waals surface area contributed by atoms with Gasteiger partial charge in [-0.15, -0.1) is 0 Å². The number of aromatic nitrogens is 2. The summed E-state index contributed by atoms with van der Waals surface area (Å²) in [5.41, 5.74) is 4.52. The molecule has 0 spiro atoms. The number of hydrogen-bond acceptors (Lipinski definition) is 4. The maximum absolute atomic E-state index is 9.13. The third-order valence-corrected chi connectivity index (χ3v) is 4.56. The van der Waals surface area contributed by atoms with Crippen LogP contribution in [0.15, 0.2) is 18.2 Å². The van der Waals surface area contributed by atoms with Crippen LogP contribution < -0.4 is 9.47 Å². The van der Waals surface area contributed by atoms with Crippen LogP contribution in [0.3, 0.4) is 0 Å².